The Morgan fingerprint density at radius 1 is 1.05 bits per heavy atom. The van der Waals surface area contributed by atoms with Crippen LogP contribution in [-0.4, -0.2) is 31.1 Å². The number of nitrogens with one attached hydrogen (secondary N) is 1. The van der Waals surface area contributed by atoms with Gasteiger partial charge >= 0.3 is 0 Å². The maximum absolute atomic E-state index is 3.61. The summed E-state index contributed by atoms with van der Waals surface area (Å²) in [5.41, 5.74) is 4.26. The van der Waals surface area contributed by atoms with Crippen molar-refractivity contribution in [1.82, 2.24) is 10.2 Å². The van der Waals surface area contributed by atoms with Gasteiger partial charge in [-0.1, -0.05) is 29.3 Å². The molecule has 1 N–H and O–H groups in total. The highest BCUT2D eigenvalue weighted by atomic mass is 15.2. The first-order valence-corrected chi connectivity index (χ1v) is 8.06. The lowest BCUT2D eigenvalue weighted by Crippen LogP contribution is -2.43. The van der Waals surface area contributed by atoms with Gasteiger partial charge in [0.2, 0.25) is 0 Å². The van der Waals surface area contributed by atoms with Crippen molar-refractivity contribution in [3.8, 4) is 0 Å². The standard InChI is InChI=1S/C18H28N2/c1-12-7-13(2)9-14(8-12)18(19-3)15-10-16-5-6-17(11-15)20(16)4/h7-9,15-19H,5-6,10-11H2,1-4H3. The van der Waals surface area contributed by atoms with Crippen LogP contribution in [0.5, 0.6) is 0 Å². The second-order valence-electron chi connectivity index (χ2n) is 6.97. The molecule has 1 aromatic rings. The van der Waals surface area contributed by atoms with Crippen molar-refractivity contribution in [2.75, 3.05) is 14.1 Å². The summed E-state index contributed by atoms with van der Waals surface area (Å²) in [6.07, 6.45) is 5.51. The zero-order valence-electron chi connectivity index (χ0n) is 13.3. The van der Waals surface area contributed by atoms with Gasteiger partial charge in [0.1, 0.15) is 0 Å². The van der Waals surface area contributed by atoms with Crippen LogP contribution in [-0.2, 0) is 0 Å². The Labute approximate surface area is 123 Å². The SMILES string of the molecule is CNC(c1cc(C)cc(C)c1)C1CC2CCC(C1)N2C. The minimum Gasteiger partial charge on any atom is -0.313 e. The van der Waals surface area contributed by atoms with Crippen LogP contribution in [0, 0.1) is 19.8 Å². The van der Waals surface area contributed by atoms with E-state index in [-0.39, 0.29) is 0 Å². The topological polar surface area (TPSA) is 15.3 Å². The number of benzene rings is 1. The summed E-state index contributed by atoms with van der Waals surface area (Å²) in [4.78, 5) is 2.63. The summed E-state index contributed by atoms with van der Waals surface area (Å²) in [6, 6.07) is 9.17. The Morgan fingerprint density at radius 3 is 2.10 bits per heavy atom. The van der Waals surface area contributed by atoms with E-state index in [0.29, 0.717) is 6.04 Å². The molecule has 3 unspecified atom stereocenters. The molecular formula is C18H28N2. The molecule has 0 saturated carbocycles. The monoisotopic (exact) mass is 272 g/mol. The summed E-state index contributed by atoms with van der Waals surface area (Å²) in [5, 5.41) is 3.61. The first kappa shape index (κ1) is 14.1. The summed E-state index contributed by atoms with van der Waals surface area (Å²) in [6.45, 7) is 4.42. The van der Waals surface area contributed by atoms with E-state index in [2.05, 4.69) is 56.4 Å². The summed E-state index contributed by atoms with van der Waals surface area (Å²) < 4.78 is 0. The third-order valence-electron chi connectivity index (χ3n) is 5.52. The fraction of sp³-hybridized carbons (Fsp3) is 0.667. The van der Waals surface area contributed by atoms with Gasteiger partial charge < -0.3 is 10.2 Å². The molecule has 0 spiro atoms. The van der Waals surface area contributed by atoms with Crippen molar-refractivity contribution < 1.29 is 0 Å². The minimum atomic E-state index is 0.519. The Balaban J connectivity index is 1.83. The van der Waals surface area contributed by atoms with Crippen molar-refractivity contribution in [1.29, 1.82) is 0 Å². The zero-order chi connectivity index (χ0) is 14.3. The van der Waals surface area contributed by atoms with Crippen LogP contribution in [0.1, 0.15) is 48.4 Å². The van der Waals surface area contributed by atoms with Gasteiger partial charge in [0.05, 0.1) is 0 Å². The molecule has 2 nitrogen and oxygen atoms in total. The van der Waals surface area contributed by atoms with Crippen molar-refractivity contribution >= 4 is 0 Å². The first-order valence-electron chi connectivity index (χ1n) is 8.06. The van der Waals surface area contributed by atoms with Gasteiger partial charge in [-0.15, -0.1) is 0 Å². The van der Waals surface area contributed by atoms with E-state index < -0.39 is 0 Å². The number of hydrogen-bond acceptors (Lipinski definition) is 2. The molecule has 2 bridgehead atoms. The van der Waals surface area contributed by atoms with Crippen LogP contribution >= 0.6 is 0 Å². The van der Waals surface area contributed by atoms with Crippen LogP contribution in [0.15, 0.2) is 18.2 Å². The lowest BCUT2D eigenvalue weighted by atomic mass is 9.81. The molecule has 2 saturated heterocycles. The average Bonchev–Trinajstić information content (AvgIpc) is 2.62. The predicted octanol–water partition coefficient (Wildman–Crippen LogP) is 3.44. The maximum Gasteiger partial charge on any atom is 0.0347 e. The highest BCUT2D eigenvalue weighted by Gasteiger charge is 2.40. The summed E-state index contributed by atoms with van der Waals surface area (Å²) in [5.74, 6) is 0.787. The lowest BCUT2D eigenvalue weighted by molar-refractivity contribution is 0.114. The number of rotatable bonds is 3. The van der Waals surface area contributed by atoms with E-state index in [4.69, 9.17) is 0 Å². The quantitative estimate of drug-likeness (QED) is 0.907. The first-order chi connectivity index (χ1) is 9.58. The van der Waals surface area contributed by atoms with Crippen LogP contribution in [0.2, 0.25) is 0 Å². The molecule has 20 heavy (non-hydrogen) atoms. The van der Waals surface area contributed by atoms with E-state index in [1.807, 2.05) is 0 Å². The smallest absolute Gasteiger partial charge is 0.0347 e. The van der Waals surface area contributed by atoms with E-state index in [1.54, 1.807) is 0 Å². The Morgan fingerprint density at radius 2 is 1.60 bits per heavy atom. The van der Waals surface area contributed by atoms with Crippen molar-refractivity contribution in [3.63, 3.8) is 0 Å². The van der Waals surface area contributed by atoms with Crippen molar-refractivity contribution in [2.24, 2.45) is 5.92 Å². The number of fused-ring (bicyclic) bond motifs is 2. The molecule has 2 fully saturated rings. The molecule has 2 heteroatoms. The van der Waals surface area contributed by atoms with Crippen molar-refractivity contribution in [3.05, 3.63) is 34.9 Å². The highest BCUT2D eigenvalue weighted by molar-refractivity contribution is 5.31. The number of nitrogens with zero attached hydrogens (tertiary/aromatic N) is 1. The average molecular weight is 272 g/mol. The molecule has 0 aromatic heterocycles. The number of piperidine rings is 1. The molecule has 0 aliphatic carbocycles. The molecule has 1 aromatic carbocycles. The van der Waals surface area contributed by atoms with Gasteiger partial charge in [-0.25, -0.2) is 0 Å². The molecule has 2 heterocycles. The van der Waals surface area contributed by atoms with E-state index in [0.717, 1.165) is 18.0 Å². The van der Waals surface area contributed by atoms with E-state index >= 15 is 0 Å². The van der Waals surface area contributed by atoms with Crippen LogP contribution in [0.3, 0.4) is 0 Å². The largest absolute Gasteiger partial charge is 0.313 e. The number of hydrogen-bond donors (Lipinski definition) is 1. The third kappa shape index (κ3) is 2.51. The molecule has 0 radical (unpaired) electrons. The van der Waals surface area contributed by atoms with Crippen molar-refractivity contribution in [2.45, 2.75) is 57.7 Å². The second-order valence-corrected chi connectivity index (χ2v) is 6.97. The summed E-state index contributed by atoms with van der Waals surface area (Å²) >= 11 is 0. The van der Waals surface area contributed by atoms with Crippen LogP contribution < -0.4 is 5.32 Å². The van der Waals surface area contributed by atoms with Gasteiger partial charge in [0.15, 0.2) is 0 Å². The molecule has 3 rings (SSSR count). The van der Waals surface area contributed by atoms with Gasteiger partial charge in [0, 0.05) is 18.1 Å². The summed E-state index contributed by atoms with van der Waals surface area (Å²) in [7, 11) is 4.45. The van der Waals surface area contributed by atoms with Gasteiger partial charge in [-0.3, -0.25) is 0 Å². The fourth-order valence-electron chi connectivity index (χ4n) is 4.59. The van der Waals surface area contributed by atoms with E-state index in [1.165, 1.54) is 42.4 Å². The van der Waals surface area contributed by atoms with Crippen LogP contribution in [0.4, 0.5) is 0 Å². The van der Waals surface area contributed by atoms with Gasteiger partial charge in [0.25, 0.3) is 0 Å². The highest BCUT2D eigenvalue weighted by Crippen LogP contribution is 2.42. The molecule has 0 amide bonds. The molecule has 110 valence electrons. The second kappa shape index (κ2) is 5.50. The minimum absolute atomic E-state index is 0.519. The Hall–Kier alpha value is -0.860. The van der Waals surface area contributed by atoms with Gasteiger partial charge in [-0.2, -0.15) is 0 Å². The normalized spacial score (nSPS) is 31.5. The predicted molar refractivity (Wildman–Crippen MR) is 85.0 cm³/mol. The maximum atomic E-state index is 3.61. The zero-order valence-corrected chi connectivity index (χ0v) is 13.3. The molecular weight excluding hydrogens is 244 g/mol. The number of aryl methyl sites for hydroxylation is 2. The Kier molecular flexibility index (Phi) is 3.87. The molecule has 2 aliphatic rings. The third-order valence-corrected chi connectivity index (χ3v) is 5.52. The lowest BCUT2D eigenvalue weighted by Gasteiger charge is -2.40. The fourth-order valence-corrected chi connectivity index (χ4v) is 4.59. The van der Waals surface area contributed by atoms with E-state index in [9.17, 15) is 0 Å². The molecule has 2 aliphatic heterocycles. The molecule has 3 atom stereocenters. The Bertz CT molecular complexity index is 448. The van der Waals surface area contributed by atoms with Crippen LogP contribution in [0.25, 0.3) is 0 Å². The van der Waals surface area contributed by atoms with Gasteiger partial charge in [-0.05, 0) is 65.1 Å².